The van der Waals surface area contributed by atoms with E-state index in [2.05, 4.69) is 58.1 Å². The average molecular weight is 524 g/mol. The lowest BCUT2D eigenvalue weighted by Crippen LogP contribution is -2.54. The Kier molecular flexibility index (Phi) is 7.36. The number of carbonyl (C=O) groups is 1. The van der Waals surface area contributed by atoms with Crippen LogP contribution in [0.3, 0.4) is 0 Å². The highest BCUT2D eigenvalue weighted by Gasteiger charge is 2.50. The molecule has 0 radical (unpaired) electrons. The molecule has 0 bridgehead atoms. The van der Waals surface area contributed by atoms with Crippen molar-refractivity contribution in [2.45, 2.75) is 83.1 Å². The minimum Gasteiger partial charge on any atom is -0.386 e. The highest BCUT2D eigenvalue weighted by atomic mass is 16.6. The fourth-order valence-corrected chi connectivity index (χ4v) is 5.16. The number of unbranched alkanes of at least 4 members (excludes halogenated alkanes) is 1. The lowest BCUT2D eigenvalue weighted by molar-refractivity contribution is -0.177. The second-order valence-electron chi connectivity index (χ2n) is 11.2. The molecule has 204 valence electrons. The number of hydrogen-bond donors (Lipinski definition) is 3. The van der Waals surface area contributed by atoms with Gasteiger partial charge in [0.15, 0.2) is 17.7 Å². The summed E-state index contributed by atoms with van der Waals surface area (Å²) in [5, 5.41) is 14.0. The number of amides is 1. The summed E-state index contributed by atoms with van der Waals surface area (Å²) in [5.74, 6) is 0.292. The van der Waals surface area contributed by atoms with Crippen molar-refractivity contribution in [3.8, 4) is 0 Å². The second-order valence-corrected chi connectivity index (χ2v) is 11.2. The number of aliphatic hydroxyl groups is 1. The summed E-state index contributed by atoms with van der Waals surface area (Å²) in [7, 11) is 0. The number of nitrogens with two attached hydrogens (primary N) is 1. The second kappa shape index (κ2) is 10.6. The van der Waals surface area contributed by atoms with Crippen LogP contribution in [0.4, 0.5) is 11.5 Å². The van der Waals surface area contributed by atoms with E-state index < -0.39 is 18.4 Å². The molecular weight excluding hydrogens is 486 g/mol. The largest absolute Gasteiger partial charge is 0.386 e. The number of nitrogen functional groups attached to an aromatic ring is 1. The van der Waals surface area contributed by atoms with E-state index in [0.717, 1.165) is 25.1 Å². The van der Waals surface area contributed by atoms with Crippen LogP contribution < -0.4 is 11.1 Å². The number of imidazole rings is 1. The summed E-state index contributed by atoms with van der Waals surface area (Å²) >= 11 is 0. The maximum atomic E-state index is 12.4. The van der Waals surface area contributed by atoms with Crippen LogP contribution in [-0.2, 0) is 19.7 Å². The standard InChI is InChI=1S/C27H37N7O4/c1-16-33(12-6-5-7-20(35)32-18-10-8-17(9-11-18)27(2,3)4)13-19-23(37-16)22(36)26(38-19)34-15-31-21-24(28)29-14-30-25(21)34/h8-11,14-16,19,22-23,26,36H,5-7,12-13H2,1-4H3,(H,32,35)(H2,28,29,30). The molecule has 2 saturated heterocycles. The van der Waals surface area contributed by atoms with Gasteiger partial charge in [-0.15, -0.1) is 0 Å². The van der Waals surface area contributed by atoms with E-state index in [0.29, 0.717) is 24.1 Å². The molecule has 5 unspecified atom stereocenters. The van der Waals surface area contributed by atoms with Crippen LogP contribution in [0.25, 0.3) is 11.2 Å². The number of rotatable bonds is 7. The Hall–Kier alpha value is -3.12. The molecule has 0 aliphatic carbocycles. The molecule has 11 heteroatoms. The minimum atomic E-state index is -0.876. The highest BCUT2D eigenvalue weighted by molar-refractivity contribution is 5.90. The van der Waals surface area contributed by atoms with Crippen molar-refractivity contribution in [2.75, 3.05) is 24.1 Å². The zero-order chi connectivity index (χ0) is 27.0. The fraction of sp³-hybridized carbons (Fsp3) is 0.556. The van der Waals surface area contributed by atoms with Crippen LogP contribution in [0.1, 0.15) is 58.7 Å². The van der Waals surface area contributed by atoms with Gasteiger partial charge >= 0.3 is 0 Å². The average Bonchev–Trinajstić information content (AvgIpc) is 3.43. The van der Waals surface area contributed by atoms with Crippen LogP contribution >= 0.6 is 0 Å². The molecule has 2 aliphatic heterocycles. The maximum absolute atomic E-state index is 12.4. The highest BCUT2D eigenvalue weighted by Crippen LogP contribution is 2.37. The number of aliphatic hydroxyl groups excluding tert-OH is 1. The Balaban J connectivity index is 1.11. The van der Waals surface area contributed by atoms with E-state index in [1.165, 1.54) is 11.9 Å². The summed E-state index contributed by atoms with van der Waals surface area (Å²) < 4.78 is 14.1. The van der Waals surface area contributed by atoms with Gasteiger partial charge in [-0.25, -0.2) is 15.0 Å². The third-order valence-corrected chi connectivity index (χ3v) is 7.39. The predicted molar refractivity (Wildman–Crippen MR) is 143 cm³/mol. The number of benzene rings is 1. The number of aromatic nitrogens is 4. The normalized spacial score (nSPS) is 26.0. The van der Waals surface area contributed by atoms with Crippen molar-refractivity contribution in [3.05, 3.63) is 42.5 Å². The SMILES string of the molecule is CC1OC2C(CN1CCCCC(=O)Nc1ccc(C(C)(C)C)cc1)OC(n1cnc3c(N)ncnc31)C2O. The smallest absolute Gasteiger partial charge is 0.224 e. The molecule has 1 amide bonds. The van der Waals surface area contributed by atoms with Gasteiger partial charge in [0.2, 0.25) is 5.91 Å². The summed E-state index contributed by atoms with van der Waals surface area (Å²) in [5.41, 5.74) is 9.02. The zero-order valence-corrected chi connectivity index (χ0v) is 22.4. The van der Waals surface area contributed by atoms with Crippen LogP contribution in [-0.4, -0.2) is 73.1 Å². The third-order valence-electron chi connectivity index (χ3n) is 7.39. The van der Waals surface area contributed by atoms with Gasteiger partial charge in [-0.1, -0.05) is 32.9 Å². The van der Waals surface area contributed by atoms with Crippen LogP contribution in [0.2, 0.25) is 0 Å². The van der Waals surface area contributed by atoms with E-state index in [1.807, 2.05) is 19.1 Å². The summed E-state index contributed by atoms with van der Waals surface area (Å²) in [6.45, 7) is 9.87. The van der Waals surface area contributed by atoms with Crippen molar-refractivity contribution in [1.29, 1.82) is 0 Å². The number of anilines is 2. The lowest BCUT2D eigenvalue weighted by atomic mass is 9.87. The van der Waals surface area contributed by atoms with Gasteiger partial charge in [-0.2, -0.15) is 0 Å². The number of ether oxygens (including phenoxy) is 2. The van der Waals surface area contributed by atoms with Gasteiger partial charge in [0.1, 0.15) is 36.4 Å². The number of nitrogens with one attached hydrogen (secondary N) is 1. The first-order chi connectivity index (χ1) is 18.1. The van der Waals surface area contributed by atoms with E-state index in [4.69, 9.17) is 15.2 Å². The number of fused-ring (bicyclic) bond motifs is 2. The van der Waals surface area contributed by atoms with E-state index >= 15 is 0 Å². The molecule has 2 aromatic heterocycles. The first kappa shape index (κ1) is 26.5. The molecule has 0 saturated carbocycles. The van der Waals surface area contributed by atoms with Crippen molar-refractivity contribution >= 4 is 28.6 Å². The number of carbonyl (C=O) groups excluding carboxylic acids is 1. The van der Waals surface area contributed by atoms with Crippen molar-refractivity contribution in [3.63, 3.8) is 0 Å². The van der Waals surface area contributed by atoms with Gasteiger partial charge in [0.25, 0.3) is 0 Å². The van der Waals surface area contributed by atoms with Crippen molar-refractivity contribution < 1.29 is 19.4 Å². The van der Waals surface area contributed by atoms with Crippen LogP contribution in [0, 0.1) is 0 Å². The molecule has 5 atom stereocenters. The third kappa shape index (κ3) is 5.37. The van der Waals surface area contributed by atoms with Gasteiger partial charge in [0, 0.05) is 25.2 Å². The molecule has 4 heterocycles. The summed E-state index contributed by atoms with van der Waals surface area (Å²) in [4.78, 5) is 27.1. The summed E-state index contributed by atoms with van der Waals surface area (Å²) in [6, 6.07) is 8.04. The first-order valence-electron chi connectivity index (χ1n) is 13.2. The molecule has 11 nitrogen and oxygen atoms in total. The van der Waals surface area contributed by atoms with Gasteiger partial charge < -0.3 is 25.6 Å². The van der Waals surface area contributed by atoms with Crippen LogP contribution in [0.15, 0.2) is 36.9 Å². The monoisotopic (exact) mass is 523 g/mol. The quantitative estimate of drug-likeness (QED) is 0.399. The van der Waals surface area contributed by atoms with E-state index in [9.17, 15) is 9.90 Å². The Labute approximate surface area is 222 Å². The molecule has 0 spiro atoms. The van der Waals surface area contributed by atoms with Gasteiger partial charge in [-0.05, 0) is 42.9 Å². The Morgan fingerprint density at radius 1 is 1.16 bits per heavy atom. The Morgan fingerprint density at radius 3 is 2.66 bits per heavy atom. The topological polar surface area (TPSA) is 141 Å². The fourth-order valence-electron chi connectivity index (χ4n) is 5.16. The van der Waals surface area contributed by atoms with Gasteiger partial charge in [0.05, 0.1) is 6.33 Å². The molecular formula is C27H37N7O4. The number of hydrogen-bond acceptors (Lipinski definition) is 9. The zero-order valence-electron chi connectivity index (χ0n) is 22.4. The van der Waals surface area contributed by atoms with Crippen molar-refractivity contribution in [2.24, 2.45) is 0 Å². The van der Waals surface area contributed by atoms with E-state index in [-0.39, 0.29) is 29.5 Å². The van der Waals surface area contributed by atoms with Crippen LogP contribution in [0.5, 0.6) is 0 Å². The number of nitrogens with zero attached hydrogens (tertiary/aromatic N) is 5. The first-order valence-corrected chi connectivity index (χ1v) is 13.2. The lowest BCUT2D eigenvalue weighted by Gasteiger charge is -2.39. The molecule has 1 aromatic carbocycles. The van der Waals surface area contributed by atoms with E-state index in [1.54, 1.807) is 10.9 Å². The molecule has 2 aliphatic rings. The molecule has 2 fully saturated rings. The molecule has 38 heavy (non-hydrogen) atoms. The Bertz CT molecular complexity index is 1270. The molecule has 4 N–H and O–H groups in total. The minimum absolute atomic E-state index is 0.0126. The predicted octanol–water partition coefficient (Wildman–Crippen LogP) is 2.82. The maximum Gasteiger partial charge on any atom is 0.224 e. The Morgan fingerprint density at radius 2 is 1.92 bits per heavy atom. The molecule has 5 rings (SSSR count). The molecule has 3 aromatic rings. The summed E-state index contributed by atoms with van der Waals surface area (Å²) in [6.07, 6.45) is 2.48. The van der Waals surface area contributed by atoms with Gasteiger partial charge in [-0.3, -0.25) is 14.3 Å². The van der Waals surface area contributed by atoms with Crippen molar-refractivity contribution in [1.82, 2.24) is 24.4 Å².